The smallest absolute Gasteiger partial charge is 0.317 e. The molecule has 2 rings (SSSR count). The summed E-state index contributed by atoms with van der Waals surface area (Å²) in [5.74, 6) is -1.24. The first-order chi connectivity index (χ1) is 11.4. The van der Waals surface area contributed by atoms with Gasteiger partial charge in [-0.3, -0.25) is 4.79 Å². The van der Waals surface area contributed by atoms with Crippen molar-refractivity contribution in [2.45, 2.75) is 24.7 Å². The SMILES string of the molecule is CN(CCC(=O)O)C(=O)NCC1(c2ccc(F)cc2)CCOCC1. The number of hydrogen-bond acceptors (Lipinski definition) is 3. The van der Waals surface area contributed by atoms with E-state index in [1.807, 2.05) is 0 Å². The van der Waals surface area contributed by atoms with E-state index < -0.39 is 5.97 Å². The summed E-state index contributed by atoms with van der Waals surface area (Å²) >= 11 is 0. The van der Waals surface area contributed by atoms with Crippen molar-refractivity contribution in [3.05, 3.63) is 35.6 Å². The number of carbonyl (C=O) groups excluding carboxylic acids is 1. The number of nitrogens with zero attached hydrogens (tertiary/aromatic N) is 1. The van der Waals surface area contributed by atoms with E-state index in [2.05, 4.69) is 5.32 Å². The Morgan fingerprint density at radius 2 is 1.92 bits per heavy atom. The fourth-order valence-corrected chi connectivity index (χ4v) is 2.88. The Labute approximate surface area is 140 Å². The zero-order valence-corrected chi connectivity index (χ0v) is 13.8. The zero-order valence-electron chi connectivity index (χ0n) is 13.8. The van der Waals surface area contributed by atoms with Crippen molar-refractivity contribution in [3.8, 4) is 0 Å². The minimum absolute atomic E-state index is 0.0964. The quantitative estimate of drug-likeness (QED) is 0.831. The van der Waals surface area contributed by atoms with Gasteiger partial charge in [0.05, 0.1) is 6.42 Å². The van der Waals surface area contributed by atoms with E-state index in [1.165, 1.54) is 17.0 Å². The molecule has 7 heteroatoms. The van der Waals surface area contributed by atoms with Crippen LogP contribution < -0.4 is 5.32 Å². The Hall–Kier alpha value is -2.15. The number of carbonyl (C=O) groups is 2. The molecule has 132 valence electrons. The molecule has 1 aliphatic heterocycles. The van der Waals surface area contributed by atoms with Gasteiger partial charge in [-0.1, -0.05) is 12.1 Å². The van der Waals surface area contributed by atoms with Gasteiger partial charge in [-0.25, -0.2) is 9.18 Å². The van der Waals surface area contributed by atoms with E-state index in [0.29, 0.717) is 19.8 Å². The molecule has 6 nitrogen and oxygen atoms in total. The van der Waals surface area contributed by atoms with E-state index in [4.69, 9.17) is 9.84 Å². The summed E-state index contributed by atoms with van der Waals surface area (Å²) in [7, 11) is 1.56. The molecule has 1 aliphatic rings. The molecule has 1 fully saturated rings. The fraction of sp³-hybridized carbons (Fsp3) is 0.529. The number of halogens is 1. The lowest BCUT2D eigenvalue weighted by Gasteiger charge is -2.38. The van der Waals surface area contributed by atoms with E-state index in [-0.39, 0.29) is 30.2 Å². The van der Waals surface area contributed by atoms with Gasteiger partial charge in [0, 0.05) is 38.8 Å². The molecule has 0 radical (unpaired) electrons. The first-order valence-electron chi connectivity index (χ1n) is 7.97. The predicted octanol–water partition coefficient (Wildman–Crippen LogP) is 1.99. The fourth-order valence-electron chi connectivity index (χ4n) is 2.88. The van der Waals surface area contributed by atoms with Gasteiger partial charge in [0.25, 0.3) is 0 Å². The maximum absolute atomic E-state index is 13.2. The molecule has 2 amide bonds. The van der Waals surface area contributed by atoms with Crippen molar-refractivity contribution in [2.75, 3.05) is 33.4 Å². The first-order valence-corrected chi connectivity index (χ1v) is 7.97. The third-order valence-electron chi connectivity index (χ3n) is 4.49. The molecule has 1 aromatic rings. The van der Waals surface area contributed by atoms with Crippen LogP contribution in [0.4, 0.5) is 9.18 Å². The highest BCUT2D eigenvalue weighted by Crippen LogP contribution is 2.34. The van der Waals surface area contributed by atoms with Crippen LogP contribution in [-0.4, -0.2) is 55.4 Å². The Balaban J connectivity index is 2.02. The van der Waals surface area contributed by atoms with Crippen LogP contribution in [0.2, 0.25) is 0 Å². The highest BCUT2D eigenvalue weighted by molar-refractivity contribution is 5.75. The standard InChI is InChI=1S/C17H23FN2O4/c1-20(9-6-15(21)22)16(23)19-12-17(7-10-24-11-8-17)13-2-4-14(18)5-3-13/h2-5H,6-12H2,1H3,(H,19,23)(H,21,22). The molecule has 1 saturated heterocycles. The van der Waals surface area contributed by atoms with Crippen molar-refractivity contribution in [1.29, 1.82) is 0 Å². The van der Waals surface area contributed by atoms with Crippen LogP contribution in [0.5, 0.6) is 0 Å². The largest absolute Gasteiger partial charge is 0.481 e. The van der Waals surface area contributed by atoms with Crippen LogP contribution in [0.3, 0.4) is 0 Å². The van der Waals surface area contributed by atoms with Gasteiger partial charge < -0.3 is 20.1 Å². The minimum Gasteiger partial charge on any atom is -0.481 e. The third-order valence-corrected chi connectivity index (χ3v) is 4.49. The number of urea groups is 1. The number of amides is 2. The monoisotopic (exact) mass is 338 g/mol. The van der Waals surface area contributed by atoms with Crippen LogP contribution >= 0.6 is 0 Å². The second kappa shape index (κ2) is 8.10. The normalized spacial score (nSPS) is 16.4. The molecular weight excluding hydrogens is 315 g/mol. The summed E-state index contributed by atoms with van der Waals surface area (Å²) < 4.78 is 18.6. The Morgan fingerprint density at radius 3 is 2.50 bits per heavy atom. The lowest BCUT2D eigenvalue weighted by Crippen LogP contribution is -2.48. The number of hydrogen-bond donors (Lipinski definition) is 2. The zero-order chi connectivity index (χ0) is 17.6. The summed E-state index contributed by atoms with van der Waals surface area (Å²) in [5, 5.41) is 11.6. The molecule has 0 bridgehead atoms. The van der Waals surface area contributed by atoms with E-state index in [9.17, 15) is 14.0 Å². The van der Waals surface area contributed by atoms with Crippen LogP contribution in [0.25, 0.3) is 0 Å². The summed E-state index contributed by atoms with van der Waals surface area (Å²) in [5.41, 5.74) is 0.676. The molecule has 0 spiro atoms. The second-order valence-corrected chi connectivity index (χ2v) is 6.12. The third kappa shape index (κ3) is 4.67. The van der Waals surface area contributed by atoms with Gasteiger partial charge in [0.15, 0.2) is 0 Å². The summed E-state index contributed by atoms with van der Waals surface area (Å²) in [6.07, 6.45) is 1.37. The highest BCUT2D eigenvalue weighted by atomic mass is 19.1. The molecule has 0 aliphatic carbocycles. The van der Waals surface area contributed by atoms with E-state index in [0.717, 1.165) is 18.4 Å². The number of nitrogens with one attached hydrogen (secondary N) is 1. The van der Waals surface area contributed by atoms with E-state index >= 15 is 0 Å². The van der Waals surface area contributed by atoms with Gasteiger partial charge in [0.1, 0.15) is 5.82 Å². The molecule has 1 aromatic carbocycles. The molecule has 0 saturated carbocycles. The topological polar surface area (TPSA) is 78.9 Å². The van der Waals surface area contributed by atoms with Crippen LogP contribution in [0.1, 0.15) is 24.8 Å². The minimum atomic E-state index is -0.943. The van der Waals surface area contributed by atoms with Crippen molar-refractivity contribution < 1.29 is 23.8 Å². The average Bonchev–Trinajstić information content (AvgIpc) is 2.59. The molecule has 0 atom stereocenters. The van der Waals surface area contributed by atoms with Crippen molar-refractivity contribution in [3.63, 3.8) is 0 Å². The molecule has 0 unspecified atom stereocenters. The molecule has 2 N–H and O–H groups in total. The number of ether oxygens (including phenoxy) is 1. The van der Waals surface area contributed by atoms with Gasteiger partial charge >= 0.3 is 12.0 Å². The van der Waals surface area contributed by atoms with Crippen LogP contribution in [-0.2, 0) is 14.9 Å². The number of carboxylic acids is 1. The highest BCUT2D eigenvalue weighted by Gasteiger charge is 2.35. The number of rotatable bonds is 6. The lowest BCUT2D eigenvalue weighted by atomic mass is 9.74. The van der Waals surface area contributed by atoms with Gasteiger partial charge in [0.2, 0.25) is 0 Å². The summed E-state index contributed by atoms with van der Waals surface area (Å²) in [6, 6.07) is 6.03. The van der Waals surface area contributed by atoms with Crippen molar-refractivity contribution >= 4 is 12.0 Å². The van der Waals surface area contributed by atoms with Crippen molar-refractivity contribution in [2.24, 2.45) is 0 Å². The maximum Gasteiger partial charge on any atom is 0.317 e. The summed E-state index contributed by atoms with van der Waals surface area (Å²) in [4.78, 5) is 24.1. The van der Waals surface area contributed by atoms with Gasteiger partial charge in [-0.15, -0.1) is 0 Å². The predicted molar refractivity (Wildman–Crippen MR) is 86.4 cm³/mol. The Bertz CT molecular complexity index is 570. The molecular formula is C17H23FN2O4. The Morgan fingerprint density at radius 1 is 1.29 bits per heavy atom. The second-order valence-electron chi connectivity index (χ2n) is 6.12. The van der Waals surface area contributed by atoms with Crippen molar-refractivity contribution in [1.82, 2.24) is 10.2 Å². The lowest BCUT2D eigenvalue weighted by molar-refractivity contribution is -0.137. The molecule has 0 aromatic heterocycles. The van der Waals surface area contributed by atoms with Crippen LogP contribution in [0, 0.1) is 5.82 Å². The summed E-state index contributed by atoms with van der Waals surface area (Å²) in [6.45, 7) is 1.72. The van der Waals surface area contributed by atoms with Gasteiger partial charge in [-0.05, 0) is 30.5 Å². The maximum atomic E-state index is 13.2. The number of benzene rings is 1. The number of carboxylic acid groups (broad SMARTS) is 1. The molecule has 1 heterocycles. The van der Waals surface area contributed by atoms with E-state index in [1.54, 1.807) is 19.2 Å². The molecule has 24 heavy (non-hydrogen) atoms. The Kier molecular flexibility index (Phi) is 6.14. The first kappa shape index (κ1) is 18.2. The average molecular weight is 338 g/mol. The number of aliphatic carboxylic acids is 1. The van der Waals surface area contributed by atoms with Gasteiger partial charge in [-0.2, -0.15) is 0 Å². The van der Waals surface area contributed by atoms with Crippen LogP contribution in [0.15, 0.2) is 24.3 Å².